The van der Waals surface area contributed by atoms with Gasteiger partial charge >= 0.3 is 5.97 Å². The van der Waals surface area contributed by atoms with E-state index in [1.165, 1.54) is 11.1 Å². The zero-order valence-corrected chi connectivity index (χ0v) is 19.7. The molecule has 2 aliphatic rings. The van der Waals surface area contributed by atoms with E-state index in [1.807, 2.05) is 13.0 Å². The maximum Gasteiger partial charge on any atom is 0.341 e. The minimum Gasteiger partial charge on any atom is -0.480 e. The first-order chi connectivity index (χ1) is 14.8. The standard InChI is InChI=1S/C26H29BrO4/c1-15(2)19-13-20-18-9-5-4-7-17(18)8-6-10-23(20)31-25(19)21-11-16(3)12-22(27)26(21)30-14-24(28)29/h4-5,7,9,11-12,19-20,23,25H,1,6,8,10,13-14H2,2-3H3,(H,28,29)/t19-,20+,23-,25-/m0/s1. The number of halogens is 1. The van der Waals surface area contributed by atoms with E-state index < -0.39 is 12.6 Å². The molecule has 1 aliphatic heterocycles. The van der Waals surface area contributed by atoms with Gasteiger partial charge < -0.3 is 14.6 Å². The maximum absolute atomic E-state index is 11.2. The number of aryl methyl sites for hydroxylation is 2. The maximum atomic E-state index is 11.2. The number of carboxylic acid groups (broad SMARTS) is 1. The van der Waals surface area contributed by atoms with Gasteiger partial charge in [0.25, 0.3) is 0 Å². The van der Waals surface area contributed by atoms with Crippen LogP contribution in [0.3, 0.4) is 0 Å². The normalized spacial score (nSPS) is 25.1. The summed E-state index contributed by atoms with van der Waals surface area (Å²) < 4.78 is 13.3. The first kappa shape index (κ1) is 22.1. The van der Waals surface area contributed by atoms with E-state index in [0.29, 0.717) is 11.7 Å². The molecule has 0 aromatic heterocycles. The van der Waals surface area contributed by atoms with E-state index >= 15 is 0 Å². The summed E-state index contributed by atoms with van der Waals surface area (Å²) in [5.41, 5.74) is 5.88. The number of carbonyl (C=O) groups is 1. The average Bonchev–Trinajstić information content (AvgIpc) is 2.90. The molecule has 0 spiro atoms. The van der Waals surface area contributed by atoms with Gasteiger partial charge in [-0.05, 0) is 84.3 Å². The molecule has 2 aromatic rings. The van der Waals surface area contributed by atoms with Crippen LogP contribution in [0.5, 0.6) is 5.75 Å². The molecule has 0 amide bonds. The lowest BCUT2D eigenvalue weighted by molar-refractivity contribution is -0.139. The van der Waals surface area contributed by atoms with Crippen molar-refractivity contribution in [3.05, 3.63) is 75.3 Å². The Labute approximate surface area is 192 Å². The minimum atomic E-state index is -1.00. The quantitative estimate of drug-likeness (QED) is 0.501. The number of rotatable bonds is 5. The van der Waals surface area contributed by atoms with Crippen molar-refractivity contribution in [2.24, 2.45) is 5.92 Å². The van der Waals surface area contributed by atoms with E-state index in [4.69, 9.17) is 14.6 Å². The summed E-state index contributed by atoms with van der Waals surface area (Å²) >= 11 is 3.58. The van der Waals surface area contributed by atoms with Crippen LogP contribution in [0.15, 0.2) is 53.0 Å². The molecule has 1 saturated heterocycles. The van der Waals surface area contributed by atoms with Crippen molar-refractivity contribution in [3.63, 3.8) is 0 Å². The number of ether oxygens (including phenoxy) is 2. The molecule has 1 heterocycles. The summed E-state index contributed by atoms with van der Waals surface area (Å²) in [4.78, 5) is 11.2. The summed E-state index contributed by atoms with van der Waals surface area (Å²) in [6.45, 7) is 7.99. The van der Waals surface area contributed by atoms with Gasteiger partial charge in [-0.3, -0.25) is 0 Å². The number of benzene rings is 2. The number of carboxylic acids is 1. The largest absolute Gasteiger partial charge is 0.480 e. The molecule has 4 atom stereocenters. The van der Waals surface area contributed by atoms with Gasteiger partial charge in [-0.25, -0.2) is 4.79 Å². The summed E-state index contributed by atoms with van der Waals surface area (Å²) in [6, 6.07) is 12.8. The molecule has 1 aliphatic carbocycles. The van der Waals surface area contributed by atoms with Gasteiger partial charge in [0.15, 0.2) is 6.61 Å². The first-order valence-electron chi connectivity index (χ1n) is 10.9. The highest BCUT2D eigenvalue weighted by molar-refractivity contribution is 9.10. The van der Waals surface area contributed by atoms with Crippen molar-refractivity contribution < 1.29 is 19.4 Å². The lowest BCUT2D eigenvalue weighted by Gasteiger charge is -2.43. The molecule has 1 N–H and O–H groups in total. The Morgan fingerprint density at radius 3 is 2.81 bits per heavy atom. The molecule has 4 rings (SSSR count). The number of fused-ring (bicyclic) bond motifs is 3. The number of hydrogen-bond donors (Lipinski definition) is 1. The summed E-state index contributed by atoms with van der Waals surface area (Å²) in [5, 5.41) is 9.15. The van der Waals surface area contributed by atoms with Crippen molar-refractivity contribution >= 4 is 21.9 Å². The van der Waals surface area contributed by atoms with E-state index in [1.54, 1.807) is 0 Å². The van der Waals surface area contributed by atoms with Gasteiger partial charge in [-0.15, -0.1) is 0 Å². The second-order valence-electron chi connectivity index (χ2n) is 8.83. The fourth-order valence-electron chi connectivity index (χ4n) is 5.14. The van der Waals surface area contributed by atoms with Crippen LogP contribution < -0.4 is 4.74 Å². The molecule has 0 bridgehead atoms. The lowest BCUT2D eigenvalue weighted by Crippen LogP contribution is -2.36. The van der Waals surface area contributed by atoms with Crippen LogP contribution in [0, 0.1) is 12.8 Å². The molecule has 31 heavy (non-hydrogen) atoms. The minimum absolute atomic E-state index is 0.119. The highest BCUT2D eigenvalue weighted by Gasteiger charge is 2.42. The van der Waals surface area contributed by atoms with Gasteiger partial charge in [0, 0.05) is 17.4 Å². The molecule has 2 aromatic carbocycles. The molecular weight excluding hydrogens is 456 g/mol. The van der Waals surface area contributed by atoms with Crippen molar-refractivity contribution in [3.8, 4) is 5.75 Å². The zero-order chi connectivity index (χ0) is 22.1. The fourth-order valence-corrected chi connectivity index (χ4v) is 5.85. The fraction of sp³-hybridized carbons (Fsp3) is 0.423. The predicted octanol–water partition coefficient (Wildman–Crippen LogP) is 6.36. The van der Waals surface area contributed by atoms with Crippen LogP contribution in [0.2, 0.25) is 0 Å². The highest BCUT2D eigenvalue weighted by Crippen LogP contribution is 2.51. The Morgan fingerprint density at radius 1 is 1.29 bits per heavy atom. The van der Waals surface area contributed by atoms with Crippen LogP contribution in [-0.2, 0) is 16.0 Å². The third kappa shape index (κ3) is 4.58. The Bertz CT molecular complexity index is 999. The average molecular weight is 485 g/mol. The second kappa shape index (κ2) is 9.17. The van der Waals surface area contributed by atoms with Crippen LogP contribution in [0.4, 0.5) is 0 Å². The smallest absolute Gasteiger partial charge is 0.341 e. The molecular formula is C26H29BrO4. The zero-order valence-electron chi connectivity index (χ0n) is 18.1. The molecule has 1 fully saturated rings. The third-order valence-corrected chi connectivity index (χ3v) is 7.12. The molecule has 4 nitrogen and oxygen atoms in total. The van der Waals surface area contributed by atoms with E-state index in [-0.39, 0.29) is 18.1 Å². The summed E-state index contributed by atoms with van der Waals surface area (Å²) in [7, 11) is 0. The van der Waals surface area contributed by atoms with Gasteiger partial charge in [-0.2, -0.15) is 0 Å². The van der Waals surface area contributed by atoms with Crippen molar-refractivity contribution in [2.45, 2.75) is 57.7 Å². The highest BCUT2D eigenvalue weighted by atomic mass is 79.9. The van der Waals surface area contributed by atoms with Crippen molar-refractivity contribution in [1.82, 2.24) is 0 Å². The topological polar surface area (TPSA) is 55.8 Å². The van der Waals surface area contributed by atoms with Gasteiger partial charge in [0.05, 0.1) is 16.7 Å². The summed E-state index contributed by atoms with van der Waals surface area (Å²) in [6.07, 6.45) is 4.06. The lowest BCUT2D eigenvalue weighted by atomic mass is 9.74. The monoisotopic (exact) mass is 484 g/mol. The van der Waals surface area contributed by atoms with Gasteiger partial charge in [-0.1, -0.05) is 36.4 Å². The van der Waals surface area contributed by atoms with Crippen LogP contribution in [-0.4, -0.2) is 23.8 Å². The third-order valence-electron chi connectivity index (χ3n) is 6.53. The van der Waals surface area contributed by atoms with Gasteiger partial charge in [0.1, 0.15) is 5.75 Å². The summed E-state index contributed by atoms with van der Waals surface area (Å²) in [5.74, 6) is 0.0122. The molecule has 0 unspecified atom stereocenters. The van der Waals surface area contributed by atoms with Crippen molar-refractivity contribution in [2.75, 3.05) is 6.61 Å². The van der Waals surface area contributed by atoms with Crippen LogP contribution >= 0.6 is 15.9 Å². The van der Waals surface area contributed by atoms with E-state index in [0.717, 1.165) is 46.9 Å². The number of aliphatic carboxylic acids is 1. The van der Waals surface area contributed by atoms with Crippen LogP contribution in [0.25, 0.3) is 0 Å². The SMILES string of the molecule is C=C(C)[C@@H]1C[C@@H]2c3ccccc3CCC[C@@H]2O[C@@H]1c1cc(C)cc(Br)c1OCC(=O)O. The molecule has 0 saturated carbocycles. The van der Waals surface area contributed by atoms with Crippen LogP contribution in [0.1, 0.15) is 60.5 Å². The van der Waals surface area contributed by atoms with E-state index in [9.17, 15) is 4.79 Å². The molecule has 164 valence electrons. The van der Waals surface area contributed by atoms with E-state index in [2.05, 4.69) is 59.8 Å². The Kier molecular flexibility index (Phi) is 6.54. The first-order valence-corrected chi connectivity index (χ1v) is 11.7. The molecule has 5 heteroatoms. The van der Waals surface area contributed by atoms with Gasteiger partial charge in [0.2, 0.25) is 0 Å². The predicted molar refractivity (Wildman–Crippen MR) is 125 cm³/mol. The molecule has 0 radical (unpaired) electrons. The Balaban J connectivity index is 1.75. The number of hydrogen-bond acceptors (Lipinski definition) is 3. The second-order valence-corrected chi connectivity index (χ2v) is 9.68. The van der Waals surface area contributed by atoms with Crippen molar-refractivity contribution in [1.29, 1.82) is 0 Å². The Hall–Kier alpha value is -2.11. The Morgan fingerprint density at radius 2 is 2.06 bits per heavy atom.